The number of imide groups is 1. The highest BCUT2D eigenvalue weighted by Crippen LogP contribution is 2.39. The van der Waals surface area contributed by atoms with E-state index in [0.717, 1.165) is 35.5 Å². The predicted octanol–water partition coefficient (Wildman–Crippen LogP) is 3.53. The molecule has 202 valence electrons. The van der Waals surface area contributed by atoms with Crippen LogP contribution >= 0.6 is 0 Å². The zero-order valence-electron chi connectivity index (χ0n) is 21.7. The Morgan fingerprint density at radius 1 is 1.10 bits per heavy atom. The minimum Gasteiger partial charge on any atom is -0.491 e. The number of rotatable bonds is 5. The molecule has 11 heteroatoms. The smallest absolute Gasteiger partial charge is 0.337 e. The van der Waals surface area contributed by atoms with Gasteiger partial charge in [-0.25, -0.2) is 19.1 Å². The van der Waals surface area contributed by atoms with Gasteiger partial charge in [-0.3, -0.25) is 14.5 Å². The molecule has 2 atom stereocenters. The summed E-state index contributed by atoms with van der Waals surface area (Å²) in [6.45, 7) is 5.35. The molecule has 4 heterocycles. The number of nitrogens with zero attached hydrogens (tertiary/aromatic N) is 5. The molecule has 2 saturated heterocycles. The molecule has 3 aliphatic heterocycles. The third-order valence-corrected chi connectivity index (χ3v) is 7.58. The van der Waals surface area contributed by atoms with Crippen molar-refractivity contribution in [1.82, 2.24) is 9.55 Å². The number of benzene rings is 2. The van der Waals surface area contributed by atoms with Gasteiger partial charge >= 0.3 is 6.03 Å². The maximum atomic E-state index is 13.6. The second-order valence-electron chi connectivity index (χ2n) is 10.4. The highest BCUT2D eigenvalue weighted by Gasteiger charge is 2.49. The van der Waals surface area contributed by atoms with Crippen LogP contribution in [0.2, 0.25) is 0 Å². The van der Waals surface area contributed by atoms with E-state index in [1.54, 1.807) is 6.20 Å². The molecule has 2 fully saturated rings. The molecule has 0 saturated carbocycles. The number of imidazole rings is 1. The summed E-state index contributed by atoms with van der Waals surface area (Å²) in [4.78, 5) is 48.4. The summed E-state index contributed by atoms with van der Waals surface area (Å²) in [5, 5.41) is 0. The lowest BCUT2D eigenvalue weighted by Gasteiger charge is -2.25. The number of anilines is 3. The largest absolute Gasteiger partial charge is 0.491 e. The third kappa shape index (κ3) is 4.08. The second-order valence-corrected chi connectivity index (χ2v) is 10.4. The lowest BCUT2D eigenvalue weighted by Crippen LogP contribution is -2.40. The molecule has 2 aromatic carbocycles. The highest BCUT2D eigenvalue weighted by atomic mass is 19.1. The van der Waals surface area contributed by atoms with Gasteiger partial charge in [0.1, 0.15) is 36.1 Å². The van der Waals surface area contributed by atoms with E-state index in [9.17, 15) is 18.8 Å². The molecule has 2 N–H and O–H groups in total. The summed E-state index contributed by atoms with van der Waals surface area (Å²) in [5.74, 6) is 0.222. The van der Waals surface area contributed by atoms with Crippen LogP contribution in [-0.2, 0) is 16.1 Å². The van der Waals surface area contributed by atoms with Crippen molar-refractivity contribution < 1.29 is 23.5 Å². The van der Waals surface area contributed by atoms with Crippen molar-refractivity contribution in [1.29, 1.82) is 0 Å². The Labute approximate surface area is 224 Å². The van der Waals surface area contributed by atoms with Crippen LogP contribution in [0, 0.1) is 11.7 Å². The second kappa shape index (κ2) is 9.40. The number of carbonyl (C=O) groups is 3. The first kappa shape index (κ1) is 24.9. The molecule has 0 aliphatic carbocycles. The van der Waals surface area contributed by atoms with Crippen LogP contribution in [0.4, 0.5) is 26.4 Å². The van der Waals surface area contributed by atoms with Crippen LogP contribution in [0.1, 0.15) is 26.7 Å². The van der Waals surface area contributed by atoms with Crippen molar-refractivity contribution in [2.75, 3.05) is 27.9 Å². The Bertz CT molecular complexity index is 1470. The average molecular weight is 533 g/mol. The van der Waals surface area contributed by atoms with Crippen LogP contribution in [0.25, 0.3) is 11.4 Å². The molecule has 0 unspecified atom stereocenters. The Hall–Kier alpha value is -4.41. The minimum atomic E-state index is -0.763. The fourth-order valence-electron chi connectivity index (χ4n) is 5.74. The Balaban J connectivity index is 1.37. The van der Waals surface area contributed by atoms with Crippen LogP contribution in [0.15, 0.2) is 48.7 Å². The van der Waals surface area contributed by atoms with Crippen molar-refractivity contribution in [3.63, 3.8) is 0 Å². The molecule has 3 aliphatic rings. The van der Waals surface area contributed by atoms with Crippen LogP contribution < -0.4 is 25.2 Å². The fraction of sp³-hybridized carbons (Fsp3) is 0.357. The van der Waals surface area contributed by atoms with E-state index < -0.39 is 17.9 Å². The molecule has 4 amide bonds. The number of primary amides is 1. The molecule has 0 spiro atoms. The minimum absolute atomic E-state index is 0.190. The van der Waals surface area contributed by atoms with E-state index in [2.05, 4.69) is 0 Å². The van der Waals surface area contributed by atoms with E-state index in [1.165, 1.54) is 29.2 Å². The first-order valence-electron chi connectivity index (χ1n) is 13.1. The van der Waals surface area contributed by atoms with Gasteiger partial charge in [-0.1, -0.05) is 13.8 Å². The van der Waals surface area contributed by atoms with Crippen molar-refractivity contribution >= 4 is 35.0 Å². The van der Waals surface area contributed by atoms with Crippen LogP contribution in [-0.4, -0.2) is 52.6 Å². The van der Waals surface area contributed by atoms with Gasteiger partial charge in [0.05, 0.1) is 17.8 Å². The van der Waals surface area contributed by atoms with Crippen molar-refractivity contribution in [3.8, 4) is 17.1 Å². The van der Waals surface area contributed by atoms with Gasteiger partial charge in [0.25, 0.3) is 5.91 Å². The van der Waals surface area contributed by atoms with Gasteiger partial charge in [-0.15, -0.1) is 0 Å². The number of ether oxygens (including phenoxy) is 1. The Morgan fingerprint density at radius 2 is 1.85 bits per heavy atom. The number of aromatic nitrogens is 2. The molecule has 0 bridgehead atoms. The number of halogens is 1. The summed E-state index contributed by atoms with van der Waals surface area (Å²) in [6, 6.07) is 9.36. The van der Waals surface area contributed by atoms with Gasteiger partial charge in [-0.05, 0) is 55.2 Å². The lowest BCUT2D eigenvalue weighted by molar-refractivity contribution is -0.119. The maximum Gasteiger partial charge on any atom is 0.337 e. The van der Waals surface area contributed by atoms with E-state index >= 15 is 0 Å². The molecular weight excluding hydrogens is 503 g/mol. The maximum absolute atomic E-state index is 13.6. The highest BCUT2D eigenvalue weighted by molar-refractivity contribution is 6.28. The lowest BCUT2D eigenvalue weighted by atomic mass is 10.0. The number of nitrogens with two attached hydrogens (primary N) is 1. The van der Waals surface area contributed by atoms with E-state index in [1.807, 2.05) is 41.5 Å². The first-order chi connectivity index (χ1) is 18.7. The molecular formula is C28H29FN6O4. The SMILES string of the molecule is CC(C)[C@H]1C(=O)N(c2ccc(F)cc2)C(=O)N1c1cn2c(n1)-c1ccc(N3CCC[C@H]3C(N)=O)cc1OCC2. The summed E-state index contributed by atoms with van der Waals surface area (Å²) < 4.78 is 21.5. The zero-order valence-corrected chi connectivity index (χ0v) is 21.7. The predicted molar refractivity (Wildman–Crippen MR) is 143 cm³/mol. The number of hydrogen-bond acceptors (Lipinski definition) is 6. The molecule has 3 aromatic rings. The normalized spacial score (nSPS) is 20.8. The average Bonchev–Trinajstić information content (AvgIpc) is 3.59. The number of amides is 4. The van der Waals surface area contributed by atoms with Crippen LogP contribution in [0.3, 0.4) is 0 Å². The molecule has 6 rings (SSSR count). The summed E-state index contributed by atoms with van der Waals surface area (Å²) >= 11 is 0. The number of hydrogen-bond donors (Lipinski definition) is 1. The molecule has 0 radical (unpaired) electrons. The zero-order chi connectivity index (χ0) is 27.4. The number of fused-ring (bicyclic) bond motifs is 3. The molecule has 1 aromatic heterocycles. The van der Waals surface area contributed by atoms with Crippen molar-refractivity contribution in [2.24, 2.45) is 11.7 Å². The number of carbonyl (C=O) groups excluding carboxylic acids is 3. The monoisotopic (exact) mass is 532 g/mol. The Kier molecular flexibility index (Phi) is 6.00. The standard InChI is InChI=1S/C28H29FN6O4/c1-16(2)24-27(37)34(18-7-5-17(29)6-8-18)28(38)35(24)23-15-32-12-13-39-22-14-19(9-10-20(22)26(32)31-23)33-11-3-4-21(33)25(30)36/h5-10,14-16,21,24H,3-4,11-13H2,1-2H3,(H2,30,36)/t21-,24-/m0/s1. The first-order valence-corrected chi connectivity index (χ1v) is 13.1. The van der Waals surface area contributed by atoms with Gasteiger partial charge in [0, 0.05) is 24.5 Å². The van der Waals surface area contributed by atoms with Crippen LogP contribution in [0.5, 0.6) is 5.75 Å². The van der Waals surface area contributed by atoms with E-state index in [-0.39, 0.29) is 23.8 Å². The van der Waals surface area contributed by atoms with Gasteiger partial charge < -0.3 is 19.9 Å². The topological polar surface area (TPSA) is 114 Å². The van der Waals surface area contributed by atoms with E-state index in [0.29, 0.717) is 36.2 Å². The number of urea groups is 1. The fourth-order valence-corrected chi connectivity index (χ4v) is 5.74. The van der Waals surface area contributed by atoms with E-state index in [4.69, 9.17) is 15.5 Å². The molecule has 10 nitrogen and oxygen atoms in total. The molecule has 39 heavy (non-hydrogen) atoms. The van der Waals surface area contributed by atoms with Gasteiger partial charge in [0.2, 0.25) is 5.91 Å². The van der Waals surface area contributed by atoms with Gasteiger partial charge in [-0.2, -0.15) is 0 Å². The van der Waals surface area contributed by atoms with Crippen molar-refractivity contribution in [2.45, 2.75) is 45.3 Å². The Morgan fingerprint density at radius 3 is 2.56 bits per heavy atom. The van der Waals surface area contributed by atoms with Crippen molar-refractivity contribution in [3.05, 3.63) is 54.5 Å². The summed E-state index contributed by atoms with van der Waals surface area (Å²) in [5.41, 5.74) is 7.52. The van der Waals surface area contributed by atoms with Gasteiger partial charge in [0.15, 0.2) is 5.82 Å². The third-order valence-electron chi connectivity index (χ3n) is 7.58. The quantitative estimate of drug-likeness (QED) is 0.503. The summed E-state index contributed by atoms with van der Waals surface area (Å²) in [7, 11) is 0. The summed E-state index contributed by atoms with van der Waals surface area (Å²) in [6.07, 6.45) is 3.36.